The predicted molar refractivity (Wildman–Crippen MR) is 147 cm³/mol. The van der Waals surface area contributed by atoms with Gasteiger partial charge in [0.25, 0.3) is 6.47 Å². The van der Waals surface area contributed by atoms with E-state index in [2.05, 4.69) is 19.8 Å². The second kappa shape index (κ2) is 32.4. The number of H-pyrrole nitrogens is 2. The molecule has 0 spiro atoms. The van der Waals surface area contributed by atoms with Crippen molar-refractivity contribution in [2.45, 2.75) is 0 Å². The molecule has 0 saturated carbocycles. The Labute approximate surface area is 373 Å². The van der Waals surface area contributed by atoms with Gasteiger partial charge in [0.05, 0.1) is 0 Å². The molecule has 0 bridgehead atoms. The van der Waals surface area contributed by atoms with Gasteiger partial charge in [0.1, 0.15) is 18.1 Å². The van der Waals surface area contributed by atoms with Gasteiger partial charge in [-0.25, -0.2) is 0 Å². The molecule has 0 aliphatic rings. The Balaban J connectivity index is -0.000000104. The molecule has 4 rings (SSSR count). The van der Waals surface area contributed by atoms with Crippen molar-refractivity contribution in [1.82, 2.24) is 19.8 Å². The molecule has 9 nitrogen and oxygen atoms in total. The van der Waals surface area contributed by atoms with Crippen LogP contribution in [-0.2, 0) is 9.68 Å². The van der Waals surface area contributed by atoms with Crippen LogP contribution in [0, 0.1) is 0 Å². The summed E-state index contributed by atoms with van der Waals surface area (Å²) in [6.45, 7) is 2.44. The molecule has 2 aromatic carbocycles. The average molecular weight is 772 g/mol. The zero-order valence-electron chi connectivity index (χ0n) is 25.3. The molecular formula is C25H36Cl2IK2N4NaO5. The number of ether oxygens (including phenoxy) is 1. The van der Waals surface area contributed by atoms with Crippen LogP contribution in [0.15, 0.2) is 60.9 Å². The molecule has 0 unspecified atom stereocenters. The first-order valence-corrected chi connectivity index (χ1v) is 11.4. The minimum Gasteiger partial charge on any atom is -1.00 e. The molecule has 0 radical (unpaired) electrons. The summed E-state index contributed by atoms with van der Waals surface area (Å²) in [6, 6.07) is 15.4. The molecule has 0 amide bonds. The molecule has 2 aromatic heterocycles. The number of phenols is 1. The SMILES string of the molecule is CN(C)CCCl.CN(C)CCOc1cccc2[nH]ccc12.Cl.O=CO[O-].Oc1cccc2[nH]ccc12.[H-].[I-].[K+].[K+].[Na+]. The molecule has 15 heteroatoms. The number of hydrogen-bond acceptors (Lipinski definition) is 7. The van der Waals surface area contributed by atoms with Crippen molar-refractivity contribution in [2.24, 2.45) is 0 Å². The Morgan fingerprint density at radius 1 is 0.925 bits per heavy atom. The maximum Gasteiger partial charge on any atom is 1.00 e. The van der Waals surface area contributed by atoms with E-state index in [0.29, 0.717) is 5.75 Å². The molecule has 4 aromatic rings. The first-order chi connectivity index (χ1) is 16.8. The van der Waals surface area contributed by atoms with E-state index in [0.717, 1.165) is 53.1 Å². The van der Waals surface area contributed by atoms with E-state index in [4.69, 9.17) is 26.4 Å². The molecule has 0 aliphatic carbocycles. The molecular weight excluding hydrogens is 735 g/mol. The zero-order valence-corrected chi connectivity index (χ0v) is 36.3. The van der Waals surface area contributed by atoms with Crippen molar-refractivity contribution in [3.8, 4) is 11.5 Å². The van der Waals surface area contributed by atoms with E-state index in [1.54, 1.807) is 6.07 Å². The molecule has 2 heterocycles. The van der Waals surface area contributed by atoms with Crippen LogP contribution in [-0.4, -0.2) is 85.1 Å². The van der Waals surface area contributed by atoms with Gasteiger partial charge in [0.2, 0.25) is 0 Å². The first kappa shape index (κ1) is 51.6. The van der Waals surface area contributed by atoms with Gasteiger partial charge in [0.15, 0.2) is 0 Å². The number of likely N-dealkylation sites (N-methyl/N-ethyl adjacent to an activating group) is 1. The molecule has 3 N–H and O–H groups in total. The third-order valence-electron chi connectivity index (χ3n) is 4.49. The Hall–Kier alpha value is 2.05. The van der Waals surface area contributed by atoms with Crippen LogP contribution in [0.25, 0.3) is 21.8 Å². The van der Waals surface area contributed by atoms with Crippen molar-refractivity contribution >= 4 is 52.3 Å². The Morgan fingerprint density at radius 2 is 1.40 bits per heavy atom. The number of fused-ring (bicyclic) bond motifs is 2. The second-order valence-corrected chi connectivity index (χ2v) is 8.13. The van der Waals surface area contributed by atoms with Gasteiger partial charge < -0.3 is 65.2 Å². The van der Waals surface area contributed by atoms with Crippen molar-refractivity contribution in [1.29, 1.82) is 0 Å². The Bertz CT molecular complexity index is 1130. The number of phenolic OH excluding ortho intramolecular Hbond substituents is 1. The fourth-order valence-corrected chi connectivity index (χ4v) is 3.10. The van der Waals surface area contributed by atoms with Gasteiger partial charge in [-0.15, -0.1) is 24.0 Å². The summed E-state index contributed by atoms with van der Waals surface area (Å²) in [7, 11) is 8.09. The van der Waals surface area contributed by atoms with Gasteiger partial charge >= 0.3 is 132 Å². The van der Waals surface area contributed by atoms with Gasteiger partial charge in [0, 0.05) is 53.2 Å². The molecule has 0 fully saturated rings. The van der Waals surface area contributed by atoms with Gasteiger partial charge in [-0.05, 0) is 64.6 Å². The standard InChI is InChI=1S/C12H16N2O.C8H7NO.C4H10ClN.CH2O3.ClH.HI.2K.Na.H/c1-14(2)8-9-15-12-5-3-4-11-10(12)6-7-13-11;10-8-3-1-2-7-6(8)4-5-9-7;1-6(2)4-3-5;2-1-4-3;;;;;;/h3-7,13H,8-9H2,1-2H3;1-5,9-10H;3-4H2,1-2H3;1,3H;2*1H;;;;/q;;;;;;3*+1;-1/p-2. The summed E-state index contributed by atoms with van der Waals surface area (Å²) < 4.78 is 5.73. The zero-order chi connectivity index (χ0) is 26.1. The monoisotopic (exact) mass is 770 g/mol. The molecule has 0 saturated heterocycles. The predicted octanol–water partition coefficient (Wildman–Crippen LogP) is -8.25. The number of nitrogens with zero attached hydrogens (tertiary/aromatic N) is 2. The third kappa shape index (κ3) is 22.5. The summed E-state index contributed by atoms with van der Waals surface area (Å²) in [5.41, 5.74) is 2.09. The summed E-state index contributed by atoms with van der Waals surface area (Å²) in [5.74, 6) is 2.02. The van der Waals surface area contributed by atoms with Crippen LogP contribution in [0.2, 0.25) is 0 Å². The molecule has 40 heavy (non-hydrogen) atoms. The number of carbonyl (C=O) groups is 1. The number of hydrogen-bond donors (Lipinski definition) is 3. The number of alkyl halides is 1. The topological polar surface area (TPSA) is 117 Å². The number of aromatic amines is 2. The maximum atomic E-state index is 9.24. The van der Waals surface area contributed by atoms with Crippen LogP contribution in [0.1, 0.15) is 1.43 Å². The van der Waals surface area contributed by atoms with Crippen LogP contribution >= 0.6 is 24.0 Å². The van der Waals surface area contributed by atoms with Crippen LogP contribution in [0.5, 0.6) is 11.5 Å². The minimum absolute atomic E-state index is 0. The number of aromatic nitrogens is 2. The van der Waals surface area contributed by atoms with Crippen molar-refractivity contribution in [2.75, 3.05) is 53.8 Å². The normalized spacial score (nSPS) is 8.80. The molecule has 210 valence electrons. The van der Waals surface area contributed by atoms with Crippen LogP contribution in [0.4, 0.5) is 0 Å². The Morgan fingerprint density at radius 3 is 1.82 bits per heavy atom. The second-order valence-electron chi connectivity index (χ2n) is 7.75. The number of aromatic hydroxyl groups is 1. The van der Waals surface area contributed by atoms with Crippen molar-refractivity contribution < 1.29 is 183 Å². The van der Waals surface area contributed by atoms with Crippen LogP contribution in [0.3, 0.4) is 0 Å². The summed E-state index contributed by atoms with van der Waals surface area (Å²) >= 11 is 5.35. The maximum absolute atomic E-state index is 9.24. The van der Waals surface area contributed by atoms with Gasteiger partial charge in [-0.2, -0.15) is 0 Å². The fraction of sp³-hybridized carbons (Fsp3) is 0.320. The van der Waals surface area contributed by atoms with Crippen molar-refractivity contribution in [3.63, 3.8) is 0 Å². The fourth-order valence-electron chi connectivity index (χ4n) is 2.76. The Kier molecular flexibility index (Phi) is 41.9. The number of halogens is 3. The quantitative estimate of drug-likeness (QED) is 0.0428. The number of carbonyl (C=O) groups excluding carboxylic acids is 1. The van der Waals surface area contributed by atoms with E-state index in [-0.39, 0.29) is 177 Å². The summed E-state index contributed by atoms with van der Waals surface area (Å²) in [6.07, 6.45) is 3.74. The molecule has 0 atom stereocenters. The third-order valence-corrected chi connectivity index (χ3v) is 4.66. The largest absolute Gasteiger partial charge is 1.00 e. The van der Waals surface area contributed by atoms with E-state index in [9.17, 15) is 5.11 Å². The van der Waals surface area contributed by atoms with Crippen LogP contribution < -0.4 is 166 Å². The van der Waals surface area contributed by atoms with E-state index >= 15 is 0 Å². The average Bonchev–Trinajstić information content (AvgIpc) is 3.50. The first-order valence-electron chi connectivity index (χ1n) is 10.9. The van der Waals surface area contributed by atoms with Crippen molar-refractivity contribution in [3.05, 3.63) is 60.9 Å². The number of benzene rings is 2. The summed E-state index contributed by atoms with van der Waals surface area (Å²) in [4.78, 5) is 21.6. The number of nitrogens with one attached hydrogen (secondary N) is 2. The molecule has 0 aliphatic heterocycles. The number of rotatable bonds is 7. The van der Waals surface area contributed by atoms with E-state index in [1.807, 2.05) is 87.9 Å². The van der Waals surface area contributed by atoms with Gasteiger partial charge in [-0.1, -0.05) is 12.1 Å². The smallest absolute Gasteiger partial charge is 1.00 e. The van der Waals surface area contributed by atoms with Gasteiger partial charge in [-0.3, -0.25) is 4.79 Å². The summed E-state index contributed by atoms with van der Waals surface area (Å²) in [5, 5.41) is 19.7. The van der Waals surface area contributed by atoms with E-state index < -0.39 is 0 Å². The minimum atomic E-state index is -0.181. The van der Waals surface area contributed by atoms with E-state index in [1.165, 1.54) is 0 Å².